The highest BCUT2D eigenvalue weighted by Gasteiger charge is 2.28. The molecule has 2 aromatic heterocycles. The van der Waals surface area contributed by atoms with E-state index >= 15 is 0 Å². The number of rotatable bonds is 4. The Morgan fingerprint density at radius 2 is 1.85 bits per heavy atom. The molecule has 1 fully saturated rings. The third kappa shape index (κ3) is 7.17. The molecule has 1 saturated heterocycles. The zero-order chi connectivity index (χ0) is 27.7. The number of carbonyl (C=O) groups excluding carboxylic acids is 2. The minimum atomic E-state index is -0.386. The van der Waals surface area contributed by atoms with Crippen LogP contribution in [0.15, 0.2) is 41.5 Å². The zero-order valence-corrected chi connectivity index (χ0v) is 22.7. The Morgan fingerprint density at radius 1 is 1.00 bits per heavy atom. The highest BCUT2D eigenvalue weighted by molar-refractivity contribution is 5.81. The van der Waals surface area contributed by atoms with E-state index in [1.165, 1.54) is 0 Å². The van der Waals surface area contributed by atoms with E-state index < -0.39 is 0 Å². The first-order valence-electron chi connectivity index (χ1n) is 14.1. The maximum absolute atomic E-state index is 13.2. The minimum Gasteiger partial charge on any atom is -0.492 e. The van der Waals surface area contributed by atoms with Crippen LogP contribution >= 0.6 is 0 Å². The van der Waals surface area contributed by atoms with Crippen molar-refractivity contribution in [1.29, 1.82) is 0 Å². The topological polar surface area (TPSA) is 138 Å². The number of aromatic amines is 2. The fraction of sp³-hybridized carbons (Fsp3) is 0.536. The third-order valence-corrected chi connectivity index (χ3v) is 7.37. The van der Waals surface area contributed by atoms with E-state index in [9.17, 15) is 14.4 Å². The lowest BCUT2D eigenvalue weighted by Crippen LogP contribution is -2.42. The molecule has 12 nitrogen and oxygen atoms in total. The summed E-state index contributed by atoms with van der Waals surface area (Å²) in [5.74, 6) is 2.07. The van der Waals surface area contributed by atoms with Gasteiger partial charge in [-0.3, -0.25) is 14.6 Å². The molecule has 5 rings (SSSR count). The Balaban J connectivity index is 1.31. The van der Waals surface area contributed by atoms with E-state index in [1.54, 1.807) is 6.20 Å². The molecule has 1 atom stereocenters. The second-order valence-corrected chi connectivity index (χ2v) is 10.2. The SMILES string of the molecule is O=C(CCc1n[nH]c(=O)[nH]1)N1CCCCN(C(=O)[C@H]2CCCO2)CCOc2cccc(c2)-c2nccn2CCC1. The number of aryl methyl sites for hydroxylation is 2. The number of ether oxygens (including phenoxy) is 2. The van der Waals surface area contributed by atoms with Crippen LogP contribution in [0.5, 0.6) is 5.75 Å². The first kappa shape index (κ1) is 27.6. The molecule has 40 heavy (non-hydrogen) atoms. The van der Waals surface area contributed by atoms with Crippen LogP contribution in [0.4, 0.5) is 0 Å². The summed E-state index contributed by atoms with van der Waals surface area (Å²) < 4.78 is 13.8. The Bertz CT molecular complexity index is 1330. The molecule has 1 aromatic carbocycles. The number of benzene rings is 1. The fourth-order valence-electron chi connectivity index (χ4n) is 5.26. The number of amides is 2. The fourth-order valence-corrected chi connectivity index (χ4v) is 5.26. The van der Waals surface area contributed by atoms with E-state index in [0.717, 1.165) is 49.2 Å². The van der Waals surface area contributed by atoms with E-state index in [1.807, 2.05) is 40.3 Å². The monoisotopic (exact) mass is 551 g/mol. The van der Waals surface area contributed by atoms with Crippen molar-refractivity contribution in [2.45, 2.75) is 57.6 Å². The van der Waals surface area contributed by atoms with Crippen molar-refractivity contribution in [3.8, 4) is 17.1 Å². The third-order valence-electron chi connectivity index (χ3n) is 7.37. The second kappa shape index (κ2) is 13.4. The first-order chi connectivity index (χ1) is 19.6. The van der Waals surface area contributed by atoms with Gasteiger partial charge in [-0.05, 0) is 44.2 Å². The molecule has 3 aromatic rings. The first-order valence-corrected chi connectivity index (χ1v) is 14.1. The van der Waals surface area contributed by atoms with Crippen LogP contribution in [0, 0.1) is 0 Å². The molecule has 2 aliphatic heterocycles. The summed E-state index contributed by atoms with van der Waals surface area (Å²) >= 11 is 0. The zero-order valence-electron chi connectivity index (χ0n) is 22.7. The van der Waals surface area contributed by atoms with Crippen molar-refractivity contribution >= 4 is 11.8 Å². The van der Waals surface area contributed by atoms with Crippen molar-refractivity contribution in [3.63, 3.8) is 0 Å². The number of nitrogens with zero attached hydrogens (tertiary/aromatic N) is 5. The van der Waals surface area contributed by atoms with Crippen molar-refractivity contribution in [2.24, 2.45) is 0 Å². The number of nitrogens with one attached hydrogen (secondary N) is 2. The lowest BCUT2D eigenvalue weighted by atomic mass is 10.2. The van der Waals surface area contributed by atoms with Gasteiger partial charge >= 0.3 is 5.69 Å². The summed E-state index contributed by atoms with van der Waals surface area (Å²) in [6.07, 6.45) is 7.88. The second-order valence-electron chi connectivity index (χ2n) is 10.2. The molecule has 0 saturated carbocycles. The Morgan fingerprint density at radius 3 is 2.65 bits per heavy atom. The quantitative estimate of drug-likeness (QED) is 0.506. The predicted octanol–water partition coefficient (Wildman–Crippen LogP) is 1.99. The van der Waals surface area contributed by atoms with E-state index in [2.05, 4.69) is 24.7 Å². The number of carbonyl (C=O) groups is 2. The van der Waals surface area contributed by atoms with Crippen LogP contribution in [0.25, 0.3) is 11.4 Å². The summed E-state index contributed by atoms with van der Waals surface area (Å²) in [5, 5.41) is 6.26. The van der Waals surface area contributed by atoms with Gasteiger partial charge in [-0.15, -0.1) is 0 Å². The molecule has 214 valence electrons. The van der Waals surface area contributed by atoms with E-state index in [4.69, 9.17) is 9.47 Å². The van der Waals surface area contributed by atoms with Gasteiger partial charge in [0.25, 0.3) is 5.91 Å². The van der Waals surface area contributed by atoms with Gasteiger partial charge < -0.3 is 23.8 Å². The average molecular weight is 552 g/mol. The largest absolute Gasteiger partial charge is 0.492 e. The normalized spacial score (nSPS) is 19.1. The minimum absolute atomic E-state index is 0.00993. The number of hydrogen-bond acceptors (Lipinski definition) is 7. The molecule has 12 heteroatoms. The summed E-state index contributed by atoms with van der Waals surface area (Å²) in [7, 11) is 0. The molecule has 0 aliphatic carbocycles. The van der Waals surface area contributed by atoms with Gasteiger partial charge in [0.15, 0.2) is 0 Å². The van der Waals surface area contributed by atoms with Crippen LogP contribution in [0.2, 0.25) is 0 Å². The Labute approximate surface area is 232 Å². The molecular formula is C28H37N7O5. The summed E-state index contributed by atoms with van der Waals surface area (Å²) in [5.41, 5.74) is 0.567. The maximum atomic E-state index is 13.2. The highest BCUT2D eigenvalue weighted by Crippen LogP contribution is 2.23. The predicted molar refractivity (Wildman–Crippen MR) is 147 cm³/mol. The molecule has 2 bridgehead atoms. The molecule has 4 heterocycles. The number of fused-ring (bicyclic) bond motifs is 4. The van der Waals surface area contributed by atoms with Crippen LogP contribution in [-0.4, -0.2) is 91.8 Å². The summed E-state index contributed by atoms with van der Waals surface area (Å²) in [4.78, 5) is 48.6. The van der Waals surface area contributed by atoms with Crippen molar-refractivity contribution in [3.05, 3.63) is 53.0 Å². The molecule has 2 aliphatic rings. The van der Waals surface area contributed by atoms with Gasteiger partial charge in [0.2, 0.25) is 5.91 Å². The average Bonchev–Trinajstić information content (AvgIpc) is 3.74. The van der Waals surface area contributed by atoms with Crippen LogP contribution < -0.4 is 10.4 Å². The smallest absolute Gasteiger partial charge is 0.340 e. The number of H-pyrrole nitrogens is 2. The van der Waals surface area contributed by atoms with Crippen molar-refractivity contribution in [2.75, 3.05) is 39.4 Å². The molecule has 0 unspecified atom stereocenters. The molecular weight excluding hydrogens is 514 g/mol. The van der Waals surface area contributed by atoms with Crippen molar-refractivity contribution in [1.82, 2.24) is 34.5 Å². The molecule has 0 spiro atoms. The standard InChI is InChI=1S/C28H37N7O5/c36-25(10-9-24-30-28(38)32-31-24)33-12-1-2-13-35(27(37)23-8-4-18-40-23)17-19-39-22-7-3-6-21(20-22)26-29-11-16-34(26)15-5-14-33/h3,6-7,11,16,20,23H,1-2,4-5,8-10,12-15,17-19H2,(H2,30,31,32,38)/t23-/m1/s1. The lowest BCUT2D eigenvalue weighted by Gasteiger charge is -2.27. The van der Waals surface area contributed by atoms with E-state index in [0.29, 0.717) is 58.2 Å². The van der Waals surface area contributed by atoms with Gasteiger partial charge in [-0.1, -0.05) is 12.1 Å². The lowest BCUT2D eigenvalue weighted by molar-refractivity contribution is -0.141. The Hall–Kier alpha value is -3.93. The molecule has 0 radical (unpaired) electrons. The molecule has 2 amide bonds. The number of imidazole rings is 1. The number of aromatic nitrogens is 5. The van der Waals surface area contributed by atoms with E-state index in [-0.39, 0.29) is 30.0 Å². The van der Waals surface area contributed by atoms with Gasteiger partial charge in [0.1, 0.15) is 30.1 Å². The van der Waals surface area contributed by atoms with Crippen LogP contribution in [-0.2, 0) is 27.3 Å². The summed E-state index contributed by atoms with van der Waals surface area (Å²) in [6, 6.07) is 7.83. The van der Waals surface area contributed by atoms with Crippen LogP contribution in [0.3, 0.4) is 0 Å². The van der Waals surface area contributed by atoms with Gasteiger partial charge in [-0.25, -0.2) is 14.9 Å². The Kier molecular flexibility index (Phi) is 9.27. The van der Waals surface area contributed by atoms with Gasteiger partial charge in [-0.2, -0.15) is 5.10 Å². The molecule has 2 N–H and O–H groups in total. The van der Waals surface area contributed by atoms with Crippen molar-refractivity contribution < 1.29 is 19.1 Å². The number of hydrogen-bond donors (Lipinski definition) is 2. The maximum Gasteiger partial charge on any atom is 0.340 e. The van der Waals surface area contributed by atoms with Gasteiger partial charge in [0, 0.05) is 63.6 Å². The van der Waals surface area contributed by atoms with Gasteiger partial charge in [0.05, 0.1) is 6.54 Å². The van der Waals surface area contributed by atoms with Crippen LogP contribution in [0.1, 0.15) is 44.3 Å². The summed E-state index contributed by atoms with van der Waals surface area (Å²) in [6.45, 7) is 3.92. The highest BCUT2D eigenvalue weighted by atomic mass is 16.5.